The number of anilines is 1. The smallest absolute Gasteiger partial charge is 0.390 e. The zero-order valence-corrected chi connectivity index (χ0v) is 20.4. The van der Waals surface area contributed by atoms with E-state index in [2.05, 4.69) is 23.3 Å². The maximum Gasteiger partial charge on any atom is 0.390 e. The zero-order chi connectivity index (χ0) is 25.3. The predicted molar refractivity (Wildman–Crippen MR) is 127 cm³/mol. The number of rotatable bonds is 7. The molecule has 2 N–H and O–H groups in total. The summed E-state index contributed by atoms with van der Waals surface area (Å²) in [5.41, 5.74) is 1.74. The summed E-state index contributed by atoms with van der Waals surface area (Å²) in [6.45, 7) is 3.68. The van der Waals surface area contributed by atoms with Gasteiger partial charge in [-0.3, -0.25) is 9.52 Å². The number of halogens is 2. The summed E-state index contributed by atoms with van der Waals surface area (Å²) in [7, 11) is -3.86. The molecule has 2 aromatic carbocycles. The van der Waals surface area contributed by atoms with Gasteiger partial charge < -0.3 is 14.8 Å². The Balaban J connectivity index is 1.42. The van der Waals surface area contributed by atoms with E-state index in [9.17, 15) is 22.0 Å². The quantitative estimate of drug-likeness (QED) is 0.593. The highest BCUT2D eigenvalue weighted by atomic mass is 32.2. The average Bonchev–Trinajstić information content (AvgIpc) is 3.43. The summed E-state index contributed by atoms with van der Waals surface area (Å²) in [6.07, 6.45) is 3.82. The van der Waals surface area contributed by atoms with Crippen LogP contribution in [0.15, 0.2) is 35.3 Å². The van der Waals surface area contributed by atoms with Crippen molar-refractivity contribution < 1.29 is 31.5 Å². The van der Waals surface area contributed by atoms with E-state index in [1.54, 1.807) is 11.6 Å². The molecule has 11 heteroatoms. The second-order valence-electron chi connectivity index (χ2n) is 8.76. The summed E-state index contributed by atoms with van der Waals surface area (Å²) in [5.74, 6) is -1.51. The molecule has 35 heavy (non-hydrogen) atoms. The van der Waals surface area contributed by atoms with Gasteiger partial charge in [0.25, 0.3) is 0 Å². The van der Waals surface area contributed by atoms with Crippen molar-refractivity contribution in [2.24, 2.45) is 4.99 Å². The van der Waals surface area contributed by atoms with Crippen molar-refractivity contribution in [1.82, 2.24) is 5.32 Å². The number of hydrogen-bond donors (Lipinski definition) is 2. The van der Waals surface area contributed by atoms with Crippen LogP contribution in [0.3, 0.4) is 0 Å². The van der Waals surface area contributed by atoms with Crippen LogP contribution < -0.4 is 14.8 Å². The first-order valence-electron chi connectivity index (χ1n) is 11.3. The van der Waals surface area contributed by atoms with E-state index in [-0.39, 0.29) is 18.3 Å². The van der Waals surface area contributed by atoms with Crippen LogP contribution in [0.4, 0.5) is 14.5 Å². The molecule has 0 spiro atoms. The monoisotopic (exact) mass is 507 g/mol. The summed E-state index contributed by atoms with van der Waals surface area (Å²) in [6, 6.07) is 6.15. The number of hydrogen-bond acceptors (Lipinski definition) is 6. The Morgan fingerprint density at radius 3 is 2.66 bits per heavy atom. The molecule has 1 amide bonds. The van der Waals surface area contributed by atoms with Crippen LogP contribution in [0.5, 0.6) is 5.75 Å². The third-order valence-corrected chi connectivity index (χ3v) is 6.76. The maximum atomic E-state index is 14.3. The molecular weight excluding hydrogens is 480 g/mol. The number of sulfonamides is 1. The van der Waals surface area contributed by atoms with Crippen molar-refractivity contribution in [3.63, 3.8) is 0 Å². The van der Waals surface area contributed by atoms with E-state index in [1.165, 1.54) is 5.56 Å². The summed E-state index contributed by atoms with van der Waals surface area (Å²) < 4.78 is 64.3. The minimum Gasteiger partial charge on any atom is -0.448 e. The molecule has 0 saturated heterocycles. The molecule has 1 aliphatic heterocycles. The summed E-state index contributed by atoms with van der Waals surface area (Å²) >= 11 is 0. The fourth-order valence-electron chi connectivity index (χ4n) is 4.38. The van der Waals surface area contributed by atoms with Gasteiger partial charge in [-0.15, -0.1) is 0 Å². The van der Waals surface area contributed by atoms with E-state index in [4.69, 9.17) is 9.47 Å². The number of nitrogens with zero attached hydrogens (tertiary/aromatic N) is 1. The minimum atomic E-state index is -3.86. The first kappa shape index (κ1) is 24.9. The van der Waals surface area contributed by atoms with Crippen molar-refractivity contribution in [1.29, 1.82) is 0 Å². The van der Waals surface area contributed by atoms with E-state index >= 15 is 0 Å². The molecule has 4 rings (SSSR count). The Hall–Kier alpha value is -3.21. The summed E-state index contributed by atoms with van der Waals surface area (Å²) in [5, 5.41) is 2.65. The highest BCUT2D eigenvalue weighted by molar-refractivity contribution is 7.92. The van der Waals surface area contributed by atoms with Crippen molar-refractivity contribution in [3.8, 4) is 5.75 Å². The lowest BCUT2D eigenvalue weighted by atomic mass is 9.99. The predicted octanol–water partition coefficient (Wildman–Crippen LogP) is 3.79. The van der Waals surface area contributed by atoms with Gasteiger partial charge in [-0.2, -0.15) is 4.99 Å². The fraction of sp³-hybridized carbons (Fsp3) is 0.417. The first-order valence-corrected chi connectivity index (χ1v) is 13.2. The Bertz CT molecular complexity index is 1260. The van der Waals surface area contributed by atoms with Crippen LogP contribution in [0.25, 0.3) is 0 Å². The van der Waals surface area contributed by atoms with Crippen LogP contribution in [-0.2, 0) is 26.0 Å². The number of carbonyl (C=O) groups is 1. The van der Waals surface area contributed by atoms with Crippen molar-refractivity contribution in [2.45, 2.75) is 51.1 Å². The van der Waals surface area contributed by atoms with Gasteiger partial charge in [-0.1, -0.05) is 19.1 Å². The van der Waals surface area contributed by atoms with Gasteiger partial charge in [-0.05, 0) is 67.0 Å². The Morgan fingerprint density at radius 1 is 1.29 bits per heavy atom. The van der Waals surface area contributed by atoms with Crippen molar-refractivity contribution in [2.75, 3.05) is 17.6 Å². The first-order chi connectivity index (χ1) is 16.6. The van der Waals surface area contributed by atoms with E-state index < -0.39 is 45.3 Å². The van der Waals surface area contributed by atoms with Crippen LogP contribution in [0.1, 0.15) is 55.3 Å². The van der Waals surface area contributed by atoms with Crippen LogP contribution in [0.2, 0.25) is 0 Å². The molecule has 2 aliphatic rings. The Labute approximate surface area is 202 Å². The number of fused-ring (bicyclic) bond motifs is 1. The van der Waals surface area contributed by atoms with Gasteiger partial charge in [0, 0.05) is 0 Å². The molecule has 0 radical (unpaired) electrons. The number of aliphatic imine (C=N–C) groups is 1. The van der Waals surface area contributed by atoms with Gasteiger partial charge >= 0.3 is 6.08 Å². The molecule has 1 aliphatic carbocycles. The van der Waals surface area contributed by atoms with Crippen LogP contribution in [-0.4, -0.2) is 39.3 Å². The molecule has 0 bridgehead atoms. The van der Waals surface area contributed by atoms with Gasteiger partial charge in [0.1, 0.15) is 18.0 Å². The third kappa shape index (κ3) is 5.55. The van der Waals surface area contributed by atoms with Gasteiger partial charge in [-0.25, -0.2) is 17.2 Å². The molecule has 1 heterocycles. The minimum absolute atomic E-state index is 0.000516. The van der Waals surface area contributed by atoms with Gasteiger partial charge in [0.15, 0.2) is 17.7 Å². The largest absolute Gasteiger partial charge is 0.448 e. The van der Waals surface area contributed by atoms with Gasteiger partial charge in [0.2, 0.25) is 15.9 Å². The lowest BCUT2D eigenvalue weighted by molar-refractivity contribution is -0.123. The van der Waals surface area contributed by atoms with Crippen LogP contribution in [0, 0.1) is 11.6 Å². The molecule has 0 aromatic heterocycles. The lowest BCUT2D eigenvalue weighted by Crippen LogP contribution is -2.36. The molecule has 8 nitrogen and oxygen atoms in total. The number of amides is 1. The second-order valence-corrected chi connectivity index (χ2v) is 10.5. The maximum absolute atomic E-state index is 14.3. The fourth-order valence-corrected chi connectivity index (χ4v) is 4.95. The van der Waals surface area contributed by atoms with Gasteiger partial charge in [0.05, 0.1) is 12.3 Å². The molecule has 0 saturated carbocycles. The number of nitrogens with one attached hydrogen (secondary N) is 2. The normalized spacial score (nSPS) is 20.0. The molecule has 2 unspecified atom stereocenters. The third-order valence-electron chi connectivity index (χ3n) is 6.18. The standard InChI is InChI=1S/C24H27F2N3O5S/c1-4-14-8-9-17-16(14)6-5-7-21(17)34-24-28-20(12-33-24)23(30)27-13(2)15-10-18(25)22(19(26)11-15)29-35(3,31)32/h5-7,10-11,13-14,20,29H,4,8-9,12H2,1-3H3,(H,27,30)/t13-,14?,20?/m1/s1. The molecular formula is C24H27F2N3O5S. The molecule has 3 atom stereocenters. The van der Waals surface area contributed by atoms with E-state index in [0.717, 1.165) is 43.2 Å². The molecule has 0 fully saturated rings. The topological polar surface area (TPSA) is 106 Å². The lowest BCUT2D eigenvalue weighted by Gasteiger charge is -2.17. The Morgan fingerprint density at radius 2 is 2.00 bits per heavy atom. The number of benzene rings is 2. The second kappa shape index (κ2) is 9.80. The average molecular weight is 508 g/mol. The van der Waals surface area contributed by atoms with Crippen molar-refractivity contribution in [3.05, 3.63) is 58.7 Å². The highest BCUT2D eigenvalue weighted by Crippen LogP contribution is 2.40. The zero-order valence-electron chi connectivity index (χ0n) is 19.6. The van der Waals surface area contributed by atoms with Crippen LogP contribution >= 0.6 is 0 Å². The SMILES string of the molecule is CCC1CCc2c(OC3=NC(C(=O)N[C@H](C)c4cc(F)c(NS(C)(=O)=O)c(F)c4)CO3)cccc21. The van der Waals surface area contributed by atoms with E-state index in [0.29, 0.717) is 11.7 Å². The van der Waals surface area contributed by atoms with Crippen molar-refractivity contribution >= 4 is 27.7 Å². The number of ether oxygens (including phenoxy) is 2. The number of carbonyl (C=O) groups excluding carboxylic acids is 1. The van der Waals surface area contributed by atoms with E-state index in [1.807, 2.05) is 12.1 Å². The highest BCUT2D eigenvalue weighted by Gasteiger charge is 2.30. The molecule has 2 aromatic rings. The summed E-state index contributed by atoms with van der Waals surface area (Å²) in [4.78, 5) is 16.9. The molecule has 188 valence electrons. The Kier molecular flexibility index (Phi) is 6.98.